The molecule has 13 heavy (non-hydrogen) atoms. The van der Waals surface area contributed by atoms with Gasteiger partial charge < -0.3 is 5.11 Å². The molecule has 0 radical (unpaired) electrons. The molecular weight excluding hydrogens is 185 g/mol. The van der Waals surface area contributed by atoms with Gasteiger partial charge in [-0.2, -0.15) is 13.2 Å². The maximum absolute atomic E-state index is 12.2. The van der Waals surface area contributed by atoms with E-state index in [1.54, 1.807) is 13.8 Å². The molecule has 0 aliphatic carbocycles. The van der Waals surface area contributed by atoms with Crippen LogP contribution in [0.4, 0.5) is 13.2 Å². The molecule has 0 aromatic carbocycles. The highest BCUT2D eigenvalue weighted by Gasteiger charge is 2.48. The zero-order chi connectivity index (χ0) is 10.8. The van der Waals surface area contributed by atoms with E-state index in [-0.39, 0.29) is 5.92 Å². The predicted molar refractivity (Wildman–Crippen MR) is 41.2 cm³/mol. The number of hydrogen-bond acceptors (Lipinski definition) is 1. The molecule has 0 aliphatic rings. The van der Waals surface area contributed by atoms with Crippen LogP contribution in [-0.4, -0.2) is 17.3 Å². The Labute approximate surface area is 74.7 Å². The summed E-state index contributed by atoms with van der Waals surface area (Å²) in [6, 6.07) is 0. The van der Waals surface area contributed by atoms with Gasteiger partial charge in [0, 0.05) is 0 Å². The van der Waals surface area contributed by atoms with Crippen molar-refractivity contribution in [2.75, 3.05) is 0 Å². The second kappa shape index (κ2) is 3.98. The second-order valence-corrected chi connectivity index (χ2v) is 3.46. The lowest BCUT2D eigenvalue weighted by molar-refractivity contribution is -0.205. The molecule has 0 aliphatic heterocycles. The van der Waals surface area contributed by atoms with Crippen molar-refractivity contribution in [2.45, 2.75) is 26.9 Å². The third kappa shape index (κ3) is 3.24. The van der Waals surface area contributed by atoms with Crippen molar-refractivity contribution in [3.8, 4) is 0 Å². The number of carbonyl (C=O) groups is 1. The summed E-state index contributed by atoms with van der Waals surface area (Å²) in [6.45, 7) is 4.45. The van der Waals surface area contributed by atoms with E-state index < -0.39 is 24.0 Å². The van der Waals surface area contributed by atoms with Crippen LogP contribution in [0.1, 0.15) is 20.8 Å². The fourth-order valence-corrected chi connectivity index (χ4v) is 1.05. The van der Waals surface area contributed by atoms with E-state index >= 15 is 0 Å². The summed E-state index contributed by atoms with van der Waals surface area (Å²) in [7, 11) is 0. The highest BCUT2D eigenvalue weighted by molar-refractivity contribution is 5.71. The average Bonchev–Trinajstić information content (AvgIpc) is 1.82. The van der Waals surface area contributed by atoms with Crippen LogP contribution in [0.2, 0.25) is 0 Å². The minimum atomic E-state index is -4.66. The molecule has 0 spiro atoms. The first-order valence-electron chi connectivity index (χ1n) is 3.97. The fraction of sp³-hybridized carbons (Fsp3) is 0.875. The molecule has 1 N–H and O–H groups in total. The monoisotopic (exact) mass is 198 g/mol. The van der Waals surface area contributed by atoms with E-state index in [1.165, 1.54) is 6.92 Å². The zero-order valence-electron chi connectivity index (χ0n) is 7.72. The summed E-state index contributed by atoms with van der Waals surface area (Å²) in [6.07, 6.45) is -4.66. The van der Waals surface area contributed by atoms with E-state index in [0.717, 1.165) is 0 Å². The first-order valence-corrected chi connectivity index (χ1v) is 3.97. The number of rotatable bonds is 3. The summed E-state index contributed by atoms with van der Waals surface area (Å²) < 4.78 is 36.6. The minimum absolute atomic E-state index is 0.303. The van der Waals surface area contributed by atoms with Crippen LogP contribution in [0.15, 0.2) is 0 Å². The van der Waals surface area contributed by atoms with Crippen molar-refractivity contribution in [2.24, 2.45) is 17.8 Å². The Bertz CT molecular complexity index is 186. The Morgan fingerprint density at radius 2 is 1.62 bits per heavy atom. The molecule has 0 rings (SSSR count). The van der Waals surface area contributed by atoms with Gasteiger partial charge in [-0.1, -0.05) is 20.8 Å². The lowest BCUT2D eigenvalue weighted by Gasteiger charge is -2.25. The largest absolute Gasteiger partial charge is 0.481 e. The maximum atomic E-state index is 12.2. The molecule has 0 fully saturated rings. The van der Waals surface area contributed by atoms with Crippen LogP contribution >= 0.6 is 0 Å². The molecule has 2 atom stereocenters. The molecule has 0 bridgehead atoms. The normalized spacial score (nSPS) is 17.2. The Morgan fingerprint density at radius 1 is 1.23 bits per heavy atom. The lowest BCUT2D eigenvalue weighted by Crippen LogP contribution is -2.37. The molecule has 0 aromatic rings. The molecule has 0 saturated carbocycles. The Kier molecular flexibility index (Phi) is 3.75. The zero-order valence-corrected chi connectivity index (χ0v) is 7.72. The quantitative estimate of drug-likeness (QED) is 0.756. The number of aliphatic carboxylic acids is 1. The van der Waals surface area contributed by atoms with Crippen LogP contribution in [0.25, 0.3) is 0 Å². The van der Waals surface area contributed by atoms with Gasteiger partial charge in [0.15, 0.2) is 5.92 Å². The SMILES string of the molecule is CC(C)C(C)C(C(=O)O)C(F)(F)F. The smallest absolute Gasteiger partial charge is 0.402 e. The van der Waals surface area contributed by atoms with E-state index in [2.05, 4.69) is 0 Å². The summed E-state index contributed by atoms with van der Waals surface area (Å²) in [4.78, 5) is 10.4. The molecule has 78 valence electrons. The number of alkyl halides is 3. The van der Waals surface area contributed by atoms with E-state index in [9.17, 15) is 18.0 Å². The van der Waals surface area contributed by atoms with Gasteiger partial charge in [-0.3, -0.25) is 4.79 Å². The number of hydrogen-bond donors (Lipinski definition) is 1. The third-order valence-electron chi connectivity index (χ3n) is 2.20. The van der Waals surface area contributed by atoms with Gasteiger partial charge in [-0.25, -0.2) is 0 Å². The van der Waals surface area contributed by atoms with Crippen molar-refractivity contribution < 1.29 is 23.1 Å². The first kappa shape index (κ1) is 12.3. The van der Waals surface area contributed by atoms with E-state index in [0.29, 0.717) is 0 Å². The van der Waals surface area contributed by atoms with Crippen LogP contribution in [0, 0.1) is 17.8 Å². The second-order valence-electron chi connectivity index (χ2n) is 3.46. The Morgan fingerprint density at radius 3 is 1.69 bits per heavy atom. The summed E-state index contributed by atoms with van der Waals surface area (Å²) in [5.41, 5.74) is 0. The van der Waals surface area contributed by atoms with Gasteiger partial charge in [-0.15, -0.1) is 0 Å². The molecular formula is C8H13F3O2. The van der Waals surface area contributed by atoms with Gasteiger partial charge in [0.05, 0.1) is 0 Å². The number of carboxylic acid groups (broad SMARTS) is 1. The predicted octanol–water partition coefficient (Wildman–Crippen LogP) is 2.54. The molecule has 2 nitrogen and oxygen atoms in total. The van der Waals surface area contributed by atoms with Gasteiger partial charge in [0.2, 0.25) is 0 Å². The Hall–Kier alpha value is -0.740. The minimum Gasteiger partial charge on any atom is -0.481 e. The molecule has 5 heteroatoms. The van der Waals surface area contributed by atoms with Gasteiger partial charge in [-0.05, 0) is 11.8 Å². The van der Waals surface area contributed by atoms with Gasteiger partial charge >= 0.3 is 12.1 Å². The standard InChI is InChI=1S/C8H13F3O2/c1-4(2)5(3)6(7(12)13)8(9,10)11/h4-6H,1-3H3,(H,12,13). The van der Waals surface area contributed by atoms with E-state index in [4.69, 9.17) is 5.11 Å². The molecule has 0 aromatic heterocycles. The van der Waals surface area contributed by atoms with Crippen molar-refractivity contribution in [1.29, 1.82) is 0 Å². The van der Waals surface area contributed by atoms with E-state index in [1.807, 2.05) is 0 Å². The summed E-state index contributed by atoms with van der Waals surface area (Å²) in [5.74, 6) is -5.26. The van der Waals surface area contributed by atoms with Crippen molar-refractivity contribution in [1.82, 2.24) is 0 Å². The number of halogens is 3. The van der Waals surface area contributed by atoms with Gasteiger partial charge in [0.1, 0.15) is 0 Å². The molecule has 0 amide bonds. The molecule has 0 saturated heterocycles. The topological polar surface area (TPSA) is 37.3 Å². The summed E-state index contributed by atoms with van der Waals surface area (Å²) >= 11 is 0. The first-order chi connectivity index (χ1) is 5.68. The van der Waals surface area contributed by atoms with Crippen LogP contribution in [-0.2, 0) is 4.79 Å². The summed E-state index contributed by atoms with van der Waals surface area (Å²) in [5, 5.41) is 8.41. The Balaban J connectivity index is 4.72. The highest BCUT2D eigenvalue weighted by Crippen LogP contribution is 2.35. The van der Waals surface area contributed by atoms with Crippen LogP contribution in [0.5, 0.6) is 0 Å². The van der Waals surface area contributed by atoms with Crippen molar-refractivity contribution in [3.63, 3.8) is 0 Å². The van der Waals surface area contributed by atoms with Crippen molar-refractivity contribution in [3.05, 3.63) is 0 Å². The molecule has 0 heterocycles. The average molecular weight is 198 g/mol. The van der Waals surface area contributed by atoms with Gasteiger partial charge in [0.25, 0.3) is 0 Å². The van der Waals surface area contributed by atoms with Crippen LogP contribution in [0.3, 0.4) is 0 Å². The van der Waals surface area contributed by atoms with Crippen LogP contribution < -0.4 is 0 Å². The fourth-order valence-electron chi connectivity index (χ4n) is 1.05. The lowest BCUT2D eigenvalue weighted by atomic mass is 9.84. The molecule has 2 unspecified atom stereocenters. The van der Waals surface area contributed by atoms with Crippen molar-refractivity contribution >= 4 is 5.97 Å². The third-order valence-corrected chi connectivity index (χ3v) is 2.20. The highest BCUT2D eigenvalue weighted by atomic mass is 19.4. The number of carboxylic acids is 1. The maximum Gasteiger partial charge on any atom is 0.402 e.